The average Bonchev–Trinajstić information content (AvgIpc) is 3.51. The summed E-state index contributed by atoms with van der Waals surface area (Å²) in [5.41, 5.74) is 0.876. The summed E-state index contributed by atoms with van der Waals surface area (Å²) in [4.78, 5) is 24.7. The van der Waals surface area contributed by atoms with Crippen LogP contribution in [0.3, 0.4) is 0 Å². The standard InChI is InChI=1S/C20H17N5OS4/c1-3-25-17(14-5-4-8-27-14)23-24-20(25)29-10-15-21-18(26)16-12(9-28-19(16)22-15)13-7-6-11(2)30-13/h4-9H,3,10H2,1-2H3,(H,21,22,26). The van der Waals surface area contributed by atoms with Crippen molar-refractivity contribution in [1.82, 2.24) is 24.7 Å². The lowest BCUT2D eigenvalue weighted by Gasteiger charge is -2.06. The Morgan fingerprint density at radius 3 is 2.80 bits per heavy atom. The van der Waals surface area contributed by atoms with Crippen molar-refractivity contribution in [3.63, 3.8) is 0 Å². The van der Waals surface area contributed by atoms with Crippen LogP contribution in [0.25, 0.3) is 31.4 Å². The Morgan fingerprint density at radius 1 is 1.17 bits per heavy atom. The smallest absolute Gasteiger partial charge is 0.260 e. The average molecular weight is 472 g/mol. The van der Waals surface area contributed by atoms with Crippen molar-refractivity contribution in [3.8, 4) is 21.1 Å². The van der Waals surface area contributed by atoms with Gasteiger partial charge in [0.1, 0.15) is 10.7 Å². The second kappa shape index (κ2) is 8.10. The van der Waals surface area contributed by atoms with Crippen LogP contribution in [0.2, 0.25) is 0 Å². The number of thioether (sulfide) groups is 1. The Balaban J connectivity index is 1.43. The van der Waals surface area contributed by atoms with Gasteiger partial charge in [-0.2, -0.15) is 0 Å². The van der Waals surface area contributed by atoms with Gasteiger partial charge in [-0.1, -0.05) is 17.8 Å². The van der Waals surface area contributed by atoms with Crippen molar-refractivity contribution in [2.75, 3.05) is 0 Å². The molecule has 0 aliphatic rings. The number of aromatic amines is 1. The maximum atomic E-state index is 12.8. The molecule has 5 aromatic rings. The van der Waals surface area contributed by atoms with E-state index < -0.39 is 0 Å². The van der Waals surface area contributed by atoms with Crippen molar-refractivity contribution in [2.24, 2.45) is 0 Å². The van der Waals surface area contributed by atoms with Gasteiger partial charge < -0.3 is 9.55 Å². The first-order valence-electron chi connectivity index (χ1n) is 9.31. The third-order valence-electron chi connectivity index (χ3n) is 4.61. The molecule has 0 fully saturated rings. The zero-order chi connectivity index (χ0) is 20.7. The Labute approximate surface area is 188 Å². The van der Waals surface area contributed by atoms with Gasteiger partial charge in [-0.15, -0.1) is 44.2 Å². The normalized spacial score (nSPS) is 11.5. The van der Waals surface area contributed by atoms with Gasteiger partial charge in [0.25, 0.3) is 5.56 Å². The van der Waals surface area contributed by atoms with Gasteiger partial charge in [-0.3, -0.25) is 4.79 Å². The van der Waals surface area contributed by atoms with Crippen molar-refractivity contribution in [1.29, 1.82) is 0 Å². The van der Waals surface area contributed by atoms with Gasteiger partial charge >= 0.3 is 0 Å². The minimum atomic E-state index is -0.0888. The molecule has 0 unspecified atom stereocenters. The van der Waals surface area contributed by atoms with E-state index in [1.807, 2.05) is 22.9 Å². The summed E-state index contributed by atoms with van der Waals surface area (Å²) >= 11 is 6.39. The molecule has 152 valence electrons. The number of H-pyrrole nitrogens is 1. The van der Waals surface area contributed by atoms with Crippen LogP contribution < -0.4 is 5.56 Å². The van der Waals surface area contributed by atoms with Crippen molar-refractivity contribution < 1.29 is 0 Å². The molecule has 0 aliphatic heterocycles. The van der Waals surface area contributed by atoms with Gasteiger partial charge in [0, 0.05) is 27.2 Å². The van der Waals surface area contributed by atoms with Crippen LogP contribution in [0.4, 0.5) is 0 Å². The van der Waals surface area contributed by atoms with Crippen LogP contribution in [-0.4, -0.2) is 24.7 Å². The Morgan fingerprint density at radius 2 is 2.07 bits per heavy atom. The first-order valence-corrected chi connectivity index (χ1v) is 12.9. The Hall–Kier alpha value is -2.27. The topological polar surface area (TPSA) is 76.5 Å². The van der Waals surface area contributed by atoms with Crippen molar-refractivity contribution in [3.05, 3.63) is 56.1 Å². The molecule has 0 atom stereocenters. The quantitative estimate of drug-likeness (QED) is 0.324. The molecule has 0 amide bonds. The summed E-state index contributed by atoms with van der Waals surface area (Å²) in [5.74, 6) is 2.05. The minimum absolute atomic E-state index is 0.0888. The lowest BCUT2D eigenvalue weighted by molar-refractivity contribution is 0.687. The maximum absolute atomic E-state index is 12.8. The highest BCUT2D eigenvalue weighted by molar-refractivity contribution is 7.98. The second-order valence-electron chi connectivity index (χ2n) is 6.57. The summed E-state index contributed by atoms with van der Waals surface area (Å²) in [6.07, 6.45) is 0. The minimum Gasteiger partial charge on any atom is -0.309 e. The highest BCUT2D eigenvalue weighted by atomic mass is 32.2. The molecule has 1 N–H and O–H groups in total. The first-order chi connectivity index (χ1) is 14.6. The predicted octanol–water partition coefficient (Wildman–Crippen LogP) is 5.65. The fourth-order valence-corrected chi connectivity index (χ4v) is 6.74. The predicted molar refractivity (Wildman–Crippen MR) is 127 cm³/mol. The van der Waals surface area contributed by atoms with Crippen molar-refractivity contribution >= 4 is 56.0 Å². The number of nitrogens with zero attached hydrogens (tertiary/aromatic N) is 4. The molecule has 30 heavy (non-hydrogen) atoms. The molecule has 5 aromatic heterocycles. The summed E-state index contributed by atoms with van der Waals surface area (Å²) in [5, 5.41) is 14.3. The Kier molecular flexibility index (Phi) is 5.32. The summed E-state index contributed by atoms with van der Waals surface area (Å²) in [6, 6.07) is 8.20. The number of nitrogens with one attached hydrogen (secondary N) is 1. The number of hydrogen-bond acceptors (Lipinski definition) is 8. The first kappa shape index (κ1) is 19.7. The summed E-state index contributed by atoms with van der Waals surface area (Å²) in [7, 11) is 0. The molecular formula is C20H17N5OS4. The van der Waals surface area contributed by atoms with Gasteiger partial charge in [-0.05, 0) is 37.4 Å². The molecule has 6 nitrogen and oxygen atoms in total. The fraction of sp³-hybridized carbons (Fsp3) is 0.200. The third-order valence-corrected chi connectivity index (χ3v) is 8.36. The number of hydrogen-bond donors (Lipinski definition) is 1. The molecule has 0 radical (unpaired) electrons. The van der Waals surface area contributed by atoms with E-state index in [0.29, 0.717) is 17.0 Å². The number of fused-ring (bicyclic) bond motifs is 1. The lowest BCUT2D eigenvalue weighted by atomic mass is 10.2. The van der Waals surface area contributed by atoms with Gasteiger partial charge in [0.2, 0.25) is 0 Å². The Bertz CT molecular complexity index is 1380. The van der Waals surface area contributed by atoms with E-state index in [1.54, 1.807) is 22.7 Å². The zero-order valence-corrected chi connectivity index (χ0v) is 19.5. The lowest BCUT2D eigenvalue weighted by Crippen LogP contribution is -2.10. The third kappa shape index (κ3) is 3.53. The molecule has 5 heterocycles. The fourth-order valence-electron chi connectivity index (χ4n) is 3.22. The number of aromatic nitrogens is 5. The van der Waals surface area contributed by atoms with Crippen LogP contribution in [0.15, 0.2) is 45.0 Å². The largest absolute Gasteiger partial charge is 0.309 e. The van der Waals surface area contributed by atoms with Gasteiger partial charge in [-0.25, -0.2) is 4.98 Å². The molecule has 0 saturated carbocycles. The molecule has 0 saturated heterocycles. The zero-order valence-electron chi connectivity index (χ0n) is 16.2. The van der Waals surface area contributed by atoms with E-state index in [2.05, 4.69) is 45.7 Å². The summed E-state index contributed by atoms with van der Waals surface area (Å²) < 4.78 is 2.09. The molecule has 0 bridgehead atoms. The van der Waals surface area contributed by atoms with Gasteiger partial charge in [0.05, 0.1) is 16.0 Å². The van der Waals surface area contributed by atoms with Crippen LogP contribution >= 0.6 is 45.8 Å². The second-order valence-corrected chi connectivity index (χ2v) is 10.6. The van der Waals surface area contributed by atoms with Crippen LogP contribution in [0.5, 0.6) is 0 Å². The van der Waals surface area contributed by atoms with E-state index in [0.717, 1.165) is 37.7 Å². The molecule has 0 spiro atoms. The van der Waals surface area contributed by atoms with E-state index in [-0.39, 0.29) is 5.56 Å². The molecule has 5 rings (SSSR count). The van der Waals surface area contributed by atoms with Crippen LogP contribution in [0.1, 0.15) is 17.6 Å². The van der Waals surface area contributed by atoms with Crippen molar-refractivity contribution in [2.45, 2.75) is 31.3 Å². The highest BCUT2D eigenvalue weighted by Gasteiger charge is 2.17. The monoisotopic (exact) mass is 471 g/mol. The summed E-state index contributed by atoms with van der Waals surface area (Å²) in [6.45, 7) is 4.93. The maximum Gasteiger partial charge on any atom is 0.260 e. The van der Waals surface area contributed by atoms with Gasteiger partial charge in [0.15, 0.2) is 11.0 Å². The van der Waals surface area contributed by atoms with E-state index in [9.17, 15) is 4.79 Å². The SMILES string of the molecule is CCn1c(SCc2nc3scc(-c4ccc(C)s4)c3c(=O)[nH]2)nnc1-c1cccs1. The van der Waals surface area contributed by atoms with E-state index in [4.69, 9.17) is 4.98 Å². The molecular weight excluding hydrogens is 455 g/mol. The molecule has 0 aromatic carbocycles. The number of thiophene rings is 3. The highest BCUT2D eigenvalue weighted by Crippen LogP contribution is 2.35. The van der Waals surface area contributed by atoms with E-state index >= 15 is 0 Å². The molecule has 10 heteroatoms. The van der Waals surface area contributed by atoms with E-state index in [1.165, 1.54) is 28.0 Å². The molecule has 0 aliphatic carbocycles. The van der Waals surface area contributed by atoms with Crippen LogP contribution in [-0.2, 0) is 12.3 Å². The number of rotatable bonds is 6. The number of aryl methyl sites for hydroxylation is 1. The van der Waals surface area contributed by atoms with Crippen LogP contribution in [0, 0.1) is 6.92 Å².